The van der Waals surface area contributed by atoms with Gasteiger partial charge >= 0.3 is 5.97 Å². The molecule has 0 aliphatic carbocycles. The number of likely N-dealkylation sites (tertiary alicyclic amines) is 1. The molecule has 0 N–H and O–H groups in total. The first-order valence-corrected chi connectivity index (χ1v) is 9.00. The summed E-state index contributed by atoms with van der Waals surface area (Å²) in [4.78, 5) is 26.2. The zero-order valence-electron chi connectivity index (χ0n) is 15.0. The van der Waals surface area contributed by atoms with Crippen molar-refractivity contribution in [3.63, 3.8) is 0 Å². The largest absolute Gasteiger partial charge is 0.485 e. The van der Waals surface area contributed by atoms with Crippen LogP contribution in [0.3, 0.4) is 0 Å². The Morgan fingerprint density at radius 3 is 2.54 bits per heavy atom. The summed E-state index contributed by atoms with van der Waals surface area (Å²) < 4.78 is 38.3. The first kappa shape index (κ1) is 20.1. The molecule has 0 radical (unpaired) electrons. The van der Waals surface area contributed by atoms with Crippen LogP contribution in [0, 0.1) is 11.6 Å². The van der Waals surface area contributed by atoms with E-state index in [0.29, 0.717) is 0 Å². The lowest BCUT2D eigenvalue weighted by Crippen LogP contribution is -2.42. The standard InChI is InChI=1S/C20H18ClF2NO4/c1-27-20(26)17-9-12(28-18-8-3-2-6-16(18)23)11-24(17)19(25)10-13-14(21)5-4-7-15(13)22/h2-8,12,17H,9-11H2,1H3/t12-,17+/m1/s1. The molecule has 0 unspecified atom stereocenters. The Kier molecular flexibility index (Phi) is 6.14. The van der Waals surface area contributed by atoms with E-state index in [-0.39, 0.29) is 35.7 Å². The number of carbonyl (C=O) groups excluding carboxylic acids is 2. The number of para-hydroxylation sites is 1. The lowest BCUT2D eigenvalue weighted by molar-refractivity contribution is -0.150. The number of amides is 1. The van der Waals surface area contributed by atoms with Gasteiger partial charge in [-0.25, -0.2) is 13.6 Å². The van der Waals surface area contributed by atoms with E-state index < -0.39 is 35.7 Å². The second kappa shape index (κ2) is 8.56. The van der Waals surface area contributed by atoms with E-state index in [1.807, 2.05) is 0 Å². The molecular weight excluding hydrogens is 392 g/mol. The molecule has 28 heavy (non-hydrogen) atoms. The number of carbonyl (C=O) groups is 2. The molecule has 0 spiro atoms. The second-order valence-electron chi connectivity index (χ2n) is 6.37. The molecule has 2 aromatic rings. The summed E-state index contributed by atoms with van der Waals surface area (Å²) in [5.41, 5.74) is 0.0521. The average Bonchev–Trinajstić information content (AvgIpc) is 3.10. The van der Waals surface area contributed by atoms with Gasteiger partial charge in [0.25, 0.3) is 0 Å². The molecule has 0 bridgehead atoms. The fourth-order valence-electron chi connectivity index (χ4n) is 3.19. The maximum Gasteiger partial charge on any atom is 0.328 e. The molecule has 1 aliphatic heterocycles. The number of rotatable bonds is 5. The monoisotopic (exact) mass is 409 g/mol. The van der Waals surface area contributed by atoms with Crippen molar-refractivity contribution >= 4 is 23.5 Å². The van der Waals surface area contributed by atoms with Gasteiger partial charge in [-0.3, -0.25) is 4.79 Å². The van der Waals surface area contributed by atoms with Crippen LogP contribution < -0.4 is 4.74 Å². The highest BCUT2D eigenvalue weighted by atomic mass is 35.5. The number of benzene rings is 2. The van der Waals surface area contributed by atoms with Gasteiger partial charge in [0.15, 0.2) is 11.6 Å². The number of nitrogens with zero attached hydrogens (tertiary/aromatic N) is 1. The molecule has 1 saturated heterocycles. The predicted octanol–water partition coefficient (Wildman–Crippen LogP) is 3.38. The van der Waals surface area contributed by atoms with Gasteiger partial charge in [0.05, 0.1) is 20.1 Å². The van der Waals surface area contributed by atoms with Crippen molar-refractivity contribution in [1.29, 1.82) is 0 Å². The first-order valence-electron chi connectivity index (χ1n) is 8.62. The second-order valence-corrected chi connectivity index (χ2v) is 6.78. The Morgan fingerprint density at radius 2 is 1.86 bits per heavy atom. The Hall–Kier alpha value is -2.67. The van der Waals surface area contributed by atoms with E-state index >= 15 is 0 Å². The van der Waals surface area contributed by atoms with Crippen LogP contribution in [-0.4, -0.2) is 42.6 Å². The number of methoxy groups -OCH3 is 1. The van der Waals surface area contributed by atoms with E-state index in [1.54, 1.807) is 6.07 Å². The summed E-state index contributed by atoms with van der Waals surface area (Å²) in [5, 5.41) is 0.126. The Morgan fingerprint density at radius 1 is 1.14 bits per heavy atom. The van der Waals surface area contributed by atoms with Crippen LogP contribution in [0.5, 0.6) is 5.75 Å². The minimum absolute atomic E-state index is 0.0302. The first-order chi connectivity index (χ1) is 13.4. The lowest BCUT2D eigenvalue weighted by Gasteiger charge is -2.22. The molecule has 2 aromatic carbocycles. The average molecular weight is 410 g/mol. The van der Waals surface area contributed by atoms with Gasteiger partial charge in [-0.2, -0.15) is 0 Å². The van der Waals surface area contributed by atoms with Crippen molar-refractivity contribution in [2.24, 2.45) is 0 Å². The van der Waals surface area contributed by atoms with E-state index in [0.717, 1.165) is 0 Å². The quantitative estimate of drug-likeness (QED) is 0.710. The SMILES string of the molecule is COC(=O)[C@@H]1C[C@@H](Oc2ccccc2F)CN1C(=O)Cc1c(F)cccc1Cl. The molecule has 1 aliphatic rings. The molecule has 1 fully saturated rings. The molecule has 2 atom stereocenters. The minimum Gasteiger partial charge on any atom is -0.485 e. The third kappa shape index (κ3) is 4.25. The number of ether oxygens (including phenoxy) is 2. The van der Waals surface area contributed by atoms with E-state index in [4.69, 9.17) is 21.1 Å². The van der Waals surface area contributed by atoms with Crippen LogP contribution in [0.4, 0.5) is 8.78 Å². The molecule has 1 amide bonds. The fraction of sp³-hybridized carbons (Fsp3) is 0.300. The smallest absolute Gasteiger partial charge is 0.328 e. The highest BCUT2D eigenvalue weighted by molar-refractivity contribution is 6.31. The van der Waals surface area contributed by atoms with E-state index in [9.17, 15) is 18.4 Å². The molecule has 5 nitrogen and oxygen atoms in total. The zero-order chi connectivity index (χ0) is 20.3. The summed E-state index contributed by atoms with van der Waals surface area (Å²) in [5.74, 6) is -2.23. The number of halogens is 3. The summed E-state index contributed by atoms with van der Waals surface area (Å²) >= 11 is 5.99. The van der Waals surface area contributed by atoms with Crippen LogP contribution in [-0.2, 0) is 20.7 Å². The van der Waals surface area contributed by atoms with Crippen LogP contribution in [0.1, 0.15) is 12.0 Å². The Bertz CT molecular complexity index is 872. The van der Waals surface area contributed by atoms with Crippen LogP contribution in [0.25, 0.3) is 0 Å². The molecule has 3 rings (SSSR count). The third-order valence-electron chi connectivity index (χ3n) is 4.58. The van der Waals surface area contributed by atoms with E-state index in [2.05, 4.69) is 0 Å². The van der Waals surface area contributed by atoms with Crippen molar-refractivity contribution in [3.05, 3.63) is 64.7 Å². The van der Waals surface area contributed by atoms with Crippen molar-refractivity contribution in [3.8, 4) is 5.75 Å². The summed E-state index contributed by atoms with van der Waals surface area (Å²) in [6.07, 6.45) is -0.788. The molecule has 8 heteroatoms. The summed E-state index contributed by atoms with van der Waals surface area (Å²) in [7, 11) is 1.21. The lowest BCUT2D eigenvalue weighted by atomic mass is 10.1. The number of hydrogen-bond acceptors (Lipinski definition) is 4. The van der Waals surface area contributed by atoms with Gasteiger partial charge in [-0.1, -0.05) is 29.8 Å². The zero-order valence-corrected chi connectivity index (χ0v) is 15.8. The summed E-state index contributed by atoms with van der Waals surface area (Å²) in [6, 6.07) is 9.10. The molecular formula is C20H18ClF2NO4. The van der Waals surface area contributed by atoms with Gasteiger partial charge in [0.1, 0.15) is 18.0 Å². The van der Waals surface area contributed by atoms with Crippen LogP contribution in [0.15, 0.2) is 42.5 Å². The van der Waals surface area contributed by atoms with Gasteiger partial charge in [0.2, 0.25) is 5.91 Å². The molecule has 0 aromatic heterocycles. The van der Waals surface area contributed by atoms with Crippen molar-refractivity contribution in [1.82, 2.24) is 4.90 Å². The van der Waals surface area contributed by atoms with Crippen molar-refractivity contribution in [2.45, 2.75) is 25.0 Å². The Balaban J connectivity index is 1.78. The fourth-order valence-corrected chi connectivity index (χ4v) is 3.42. The minimum atomic E-state index is -0.903. The topological polar surface area (TPSA) is 55.8 Å². The van der Waals surface area contributed by atoms with Gasteiger partial charge < -0.3 is 14.4 Å². The number of hydrogen-bond donors (Lipinski definition) is 0. The van der Waals surface area contributed by atoms with Crippen molar-refractivity contribution in [2.75, 3.05) is 13.7 Å². The normalized spacial score (nSPS) is 18.8. The third-order valence-corrected chi connectivity index (χ3v) is 4.93. The molecule has 1 heterocycles. The number of esters is 1. The van der Waals surface area contributed by atoms with Gasteiger partial charge in [-0.05, 0) is 24.3 Å². The Labute approximate surface area is 165 Å². The van der Waals surface area contributed by atoms with Gasteiger partial charge in [-0.15, -0.1) is 0 Å². The highest BCUT2D eigenvalue weighted by Gasteiger charge is 2.41. The van der Waals surface area contributed by atoms with Gasteiger partial charge in [0, 0.05) is 17.0 Å². The van der Waals surface area contributed by atoms with Crippen molar-refractivity contribution < 1.29 is 27.8 Å². The highest BCUT2D eigenvalue weighted by Crippen LogP contribution is 2.27. The predicted molar refractivity (Wildman–Crippen MR) is 98.1 cm³/mol. The molecule has 148 valence electrons. The van der Waals surface area contributed by atoms with E-state index in [1.165, 1.54) is 48.4 Å². The maximum absolute atomic E-state index is 14.0. The van der Waals surface area contributed by atoms with Crippen LogP contribution >= 0.6 is 11.6 Å². The molecule has 0 saturated carbocycles. The van der Waals surface area contributed by atoms with Crippen LogP contribution in [0.2, 0.25) is 5.02 Å². The maximum atomic E-state index is 14.0. The summed E-state index contributed by atoms with van der Waals surface area (Å²) in [6.45, 7) is 0.0407.